The molecule has 0 unspecified atom stereocenters. The molecule has 0 aliphatic heterocycles. The standard InChI is InChI=1S/C18H19ClFN3O2/c1-3-23(10-11-5-4-6-13(20)9-11)17-14(19)15(18(24)25-2)21-16(22-17)12-7-8-12/h4-6,9,12H,3,7-8,10H2,1-2H3. The summed E-state index contributed by atoms with van der Waals surface area (Å²) < 4.78 is 18.3. The van der Waals surface area contributed by atoms with Gasteiger partial charge in [0.2, 0.25) is 0 Å². The molecule has 0 saturated heterocycles. The molecule has 5 nitrogen and oxygen atoms in total. The van der Waals surface area contributed by atoms with Crippen molar-refractivity contribution in [1.29, 1.82) is 0 Å². The van der Waals surface area contributed by atoms with E-state index in [1.807, 2.05) is 17.9 Å². The van der Waals surface area contributed by atoms with E-state index in [0.717, 1.165) is 18.4 Å². The summed E-state index contributed by atoms with van der Waals surface area (Å²) in [5, 5.41) is 0.162. The summed E-state index contributed by atoms with van der Waals surface area (Å²) in [6, 6.07) is 6.37. The topological polar surface area (TPSA) is 55.3 Å². The second kappa shape index (κ2) is 7.35. The van der Waals surface area contributed by atoms with Crippen LogP contribution in [0.2, 0.25) is 5.02 Å². The van der Waals surface area contributed by atoms with E-state index in [4.69, 9.17) is 16.3 Å². The maximum absolute atomic E-state index is 13.5. The van der Waals surface area contributed by atoms with Gasteiger partial charge in [-0.2, -0.15) is 0 Å². The Morgan fingerprint density at radius 3 is 2.76 bits per heavy atom. The Labute approximate surface area is 150 Å². The molecule has 7 heteroatoms. The predicted octanol–water partition coefficient (Wildman–Crippen LogP) is 3.96. The molecule has 1 aliphatic carbocycles. The van der Waals surface area contributed by atoms with Crippen LogP contribution in [0.4, 0.5) is 10.2 Å². The van der Waals surface area contributed by atoms with Crippen molar-refractivity contribution in [3.63, 3.8) is 0 Å². The number of halogens is 2. The molecule has 25 heavy (non-hydrogen) atoms. The number of benzene rings is 1. The van der Waals surface area contributed by atoms with E-state index in [1.165, 1.54) is 19.2 Å². The van der Waals surface area contributed by atoms with Gasteiger partial charge in [0.05, 0.1) is 7.11 Å². The molecule has 0 spiro atoms. The molecule has 2 aromatic rings. The monoisotopic (exact) mass is 363 g/mol. The molecule has 0 radical (unpaired) electrons. The summed E-state index contributed by atoms with van der Waals surface area (Å²) in [5.74, 6) is 0.462. The maximum atomic E-state index is 13.5. The van der Waals surface area contributed by atoms with Crippen LogP contribution in [-0.2, 0) is 11.3 Å². The Morgan fingerprint density at radius 1 is 1.40 bits per heavy atom. The van der Waals surface area contributed by atoms with E-state index in [9.17, 15) is 9.18 Å². The number of aromatic nitrogens is 2. The van der Waals surface area contributed by atoms with E-state index in [1.54, 1.807) is 6.07 Å². The van der Waals surface area contributed by atoms with Crippen LogP contribution >= 0.6 is 11.6 Å². The molecule has 0 amide bonds. The van der Waals surface area contributed by atoms with Gasteiger partial charge in [-0.15, -0.1) is 0 Å². The first-order valence-electron chi connectivity index (χ1n) is 8.18. The van der Waals surface area contributed by atoms with Crippen LogP contribution in [0.1, 0.15) is 47.6 Å². The molecule has 0 N–H and O–H groups in total. The fraction of sp³-hybridized carbons (Fsp3) is 0.389. The Kier molecular flexibility index (Phi) is 5.18. The molecule has 1 aromatic carbocycles. The largest absolute Gasteiger partial charge is 0.464 e. The summed E-state index contributed by atoms with van der Waals surface area (Å²) in [7, 11) is 1.29. The summed E-state index contributed by atoms with van der Waals surface area (Å²) in [4.78, 5) is 22.8. The molecule has 0 bridgehead atoms. The number of hydrogen-bond donors (Lipinski definition) is 0. The zero-order valence-corrected chi connectivity index (χ0v) is 14.9. The predicted molar refractivity (Wildman–Crippen MR) is 93.5 cm³/mol. The number of rotatable bonds is 6. The van der Waals surface area contributed by atoms with Gasteiger partial charge in [0.15, 0.2) is 11.5 Å². The number of carbonyl (C=O) groups is 1. The highest BCUT2D eigenvalue weighted by molar-refractivity contribution is 6.35. The summed E-state index contributed by atoms with van der Waals surface area (Å²) in [5.41, 5.74) is 0.873. The number of nitrogens with zero attached hydrogens (tertiary/aromatic N) is 3. The van der Waals surface area contributed by atoms with Gasteiger partial charge in [-0.3, -0.25) is 0 Å². The quantitative estimate of drug-likeness (QED) is 0.727. The van der Waals surface area contributed by atoms with Crippen LogP contribution in [0.3, 0.4) is 0 Å². The number of anilines is 1. The van der Waals surface area contributed by atoms with Crippen molar-refractivity contribution in [3.05, 3.63) is 52.2 Å². The highest BCUT2D eigenvalue weighted by Crippen LogP contribution is 2.40. The SMILES string of the molecule is CCN(Cc1cccc(F)c1)c1nc(C2CC2)nc(C(=O)OC)c1Cl. The van der Waals surface area contributed by atoms with Crippen LogP contribution in [0.25, 0.3) is 0 Å². The Balaban J connectivity index is 2.00. The second-order valence-corrected chi connectivity index (χ2v) is 6.36. The van der Waals surface area contributed by atoms with Gasteiger partial charge in [0, 0.05) is 19.0 Å². The molecular weight excluding hydrogens is 345 g/mol. The summed E-state index contributed by atoms with van der Waals surface area (Å²) >= 11 is 6.41. The zero-order valence-electron chi connectivity index (χ0n) is 14.1. The minimum Gasteiger partial charge on any atom is -0.464 e. The lowest BCUT2D eigenvalue weighted by atomic mass is 10.2. The van der Waals surface area contributed by atoms with Crippen molar-refractivity contribution < 1.29 is 13.9 Å². The van der Waals surface area contributed by atoms with Crippen LogP contribution < -0.4 is 4.90 Å². The molecule has 1 aliphatic rings. The van der Waals surface area contributed by atoms with Gasteiger partial charge in [-0.25, -0.2) is 19.2 Å². The average Bonchev–Trinajstić information content (AvgIpc) is 3.44. The summed E-state index contributed by atoms with van der Waals surface area (Å²) in [6.45, 7) is 2.97. The molecule has 1 fully saturated rings. The molecule has 3 rings (SSSR count). The van der Waals surface area contributed by atoms with Gasteiger partial charge < -0.3 is 9.64 Å². The normalized spacial score (nSPS) is 13.6. The Hall–Kier alpha value is -2.21. The Bertz CT molecular complexity index is 796. The van der Waals surface area contributed by atoms with Crippen molar-refractivity contribution in [1.82, 2.24) is 9.97 Å². The van der Waals surface area contributed by atoms with E-state index >= 15 is 0 Å². The smallest absolute Gasteiger partial charge is 0.358 e. The number of esters is 1. The third-order valence-corrected chi connectivity index (χ3v) is 4.46. The highest BCUT2D eigenvalue weighted by atomic mass is 35.5. The molecule has 0 atom stereocenters. The lowest BCUT2D eigenvalue weighted by Gasteiger charge is -2.24. The van der Waals surface area contributed by atoms with Crippen molar-refractivity contribution >= 4 is 23.4 Å². The molecule has 1 aromatic heterocycles. The molecule has 132 valence electrons. The average molecular weight is 364 g/mol. The number of ether oxygens (including phenoxy) is 1. The van der Waals surface area contributed by atoms with Crippen molar-refractivity contribution in [2.45, 2.75) is 32.2 Å². The van der Waals surface area contributed by atoms with Gasteiger partial charge in [-0.1, -0.05) is 23.7 Å². The van der Waals surface area contributed by atoms with Crippen molar-refractivity contribution in [2.75, 3.05) is 18.6 Å². The highest BCUT2D eigenvalue weighted by Gasteiger charge is 2.31. The molecule has 1 saturated carbocycles. The van der Waals surface area contributed by atoms with Crippen LogP contribution in [0.15, 0.2) is 24.3 Å². The lowest BCUT2D eigenvalue weighted by molar-refractivity contribution is 0.0593. The van der Waals surface area contributed by atoms with Crippen molar-refractivity contribution in [3.8, 4) is 0 Å². The lowest BCUT2D eigenvalue weighted by Crippen LogP contribution is -2.25. The number of methoxy groups -OCH3 is 1. The number of carbonyl (C=O) groups excluding carboxylic acids is 1. The second-order valence-electron chi connectivity index (χ2n) is 5.98. The van der Waals surface area contributed by atoms with E-state index in [0.29, 0.717) is 24.7 Å². The van der Waals surface area contributed by atoms with Gasteiger partial charge in [-0.05, 0) is 37.5 Å². The fourth-order valence-electron chi connectivity index (χ4n) is 2.61. The van der Waals surface area contributed by atoms with Gasteiger partial charge in [0.1, 0.15) is 16.7 Å². The maximum Gasteiger partial charge on any atom is 0.358 e. The van der Waals surface area contributed by atoms with E-state index < -0.39 is 5.97 Å². The van der Waals surface area contributed by atoms with Gasteiger partial charge >= 0.3 is 5.97 Å². The molecule has 1 heterocycles. The van der Waals surface area contributed by atoms with Crippen LogP contribution in [0, 0.1) is 5.82 Å². The third kappa shape index (κ3) is 3.90. The van der Waals surface area contributed by atoms with E-state index in [2.05, 4.69) is 9.97 Å². The van der Waals surface area contributed by atoms with Crippen LogP contribution in [-0.4, -0.2) is 29.6 Å². The van der Waals surface area contributed by atoms with E-state index in [-0.39, 0.29) is 22.5 Å². The first kappa shape index (κ1) is 17.6. The van der Waals surface area contributed by atoms with Crippen molar-refractivity contribution in [2.24, 2.45) is 0 Å². The third-order valence-electron chi connectivity index (χ3n) is 4.12. The minimum atomic E-state index is -0.586. The first-order chi connectivity index (χ1) is 12.0. The zero-order chi connectivity index (χ0) is 18.0. The molecular formula is C18H19ClFN3O2. The van der Waals surface area contributed by atoms with Crippen LogP contribution in [0.5, 0.6) is 0 Å². The summed E-state index contributed by atoms with van der Waals surface area (Å²) in [6.07, 6.45) is 2.00. The fourth-order valence-corrected chi connectivity index (χ4v) is 2.89. The minimum absolute atomic E-state index is 0.0776. The first-order valence-corrected chi connectivity index (χ1v) is 8.56. The Morgan fingerprint density at radius 2 is 2.16 bits per heavy atom. The van der Waals surface area contributed by atoms with Gasteiger partial charge in [0.25, 0.3) is 0 Å². The number of hydrogen-bond acceptors (Lipinski definition) is 5.